The Kier molecular flexibility index (Phi) is 9.27. The lowest BCUT2D eigenvalue weighted by Crippen LogP contribution is -2.06. The number of benzene rings is 1. The Labute approximate surface area is 134 Å². The predicted octanol–water partition coefficient (Wildman–Crippen LogP) is 4.81. The molecule has 0 unspecified atom stereocenters. The molecule has 0 heterocycles. The van der Waals surface area contributed by atoms with E-state index in [0.29, 0.717) is 23.1 Å². The van der Waals surface area contributed by atoms with E-state index in [1.54, 1.807) is 7.11 Å². The average Bonchev–Trinajstić information content (AvgIpc) is 2.48. The highest BCUT2D eigenvalue weighted by Gasteiger charge is 2.11. The number of rotatable bonds is 11. The van der Waals surface area contributed by atoms with Crippen LogP contribution in [-0.4, -0.2) is 20.8 Å². The molecule has 0 fully saturated rings. The van der Waals surface area contributed by atoms with Crippen molar-refractivity contribution in [1.82, 2.24) is 5.32 Å². The van der Waals surface area contributed by atoms with Gasteiger partial charge in [0.05, 0.1) is 18.7 Å². The molecule has 0 aromatic heterocycles. The van der Waals surface area contributed by atoms with Crippen molar-refractivity contribution < 1.29 is 9.47 Å². The van der Waals surface area contributed by atoms with Gasteiger partial charge in [-0.1, -0.05) is 50.6 Å². The summed E-state index contributed by atoms with van der Waals surface area (Å²) in [6, 6.07) is 3.90. The Balaban J connectivity index is 2.46. The van der Waals surface area contributed by atoms with Crippen molar-refractivity contribution in [3.8, 4) is 11.5 Å². The van der Waals surface area contributed by atoms with Gasteiger partial charge in [-0.25, -0.2) is 0 Å². The second-order valence-corrected chi connectivity index (χ2v) is 5.66. The summed E-state index contributed by atoms with van der Waals surface area (Å²) >= 11 is 6.30. The Bertz CT molecular complexity index is 410. The molecule has 0 saturated carbocycles. The molecule has 0 atom stereocenters. The van der Waals surface area contributed by atoms with Gasteiger partial charge in [0, 0.05) is 6.54 Å². The number of methoxy groups -OCH3 is 1. The van der Waals surface area contributed by atoms with Gasteiger partial charge in [0.1, 0.15) is 0 Å². The minimum absolute atomic E-state index is 0.616. The lowest BCUT2D eigenvalue weighted by molar-refractivity contribution is 0.284. The average molecular weight is 314 g/mol. The van der Waals surface area contributed by atoms with E-state index in [0.717, 1.165) is 18.5 Å². The SMILES string of the molecule is CCCCCCCCOc1c(Cl)cc(CNC)cc1OC. The van der Waals surface area contributed by atoms with Gasteiger partial charge >= 0.3 is 0 Å². The number of unbranched alkanes of at least 4 members (excludes halogenated alkanes) is 5. The van der Waals surface area contributed by atoms with E-state index < -0.39 is 0 Å². The predicted molar refractivity (Wildman–Crippen MR) is 89.6 cm³/mol. The maximum atomic E-state index is 6.30. The van der Waals surface area contributed by atoms with E-state index in [2.05, 4.69) is 12.2 Å². The summed E-state index contributed by atoms with van der Waals surface area (Å²) in [5.41, 5.74) is 1.09. The van der Waals surface area contributed by atoms with Crippen LogP contribution in [0.5, 0.6) is 11.5 Å². The fourth-order valence-electron chi connectivity index (χ4n) is 2.28. The highest BCUT2D eigenvalue weighted by molar-refractivity contribution is 6.32. The summed E-state index contributed by atoms with van der Waals surface area (Å²) in [4.78, 5) is 0. The van der Waals surface area contributed by atoms with Crippen LogP contribution in [0.1, 0.15) is 51.0 Å². The second-order valence-electron chi connectivity index (χ2n) is 5.26. The molecule has 0 saturated heterocycles. The summed E-state index contributed by atoms with van der Waals surface area (Å²) < 4.78 is 11.2. The van der Waals surface area contributed by atoms with Gasteiger partial charge < -0.3 is 14.8 Å². The summed E-state index contributed by atoms with van der Waals surface area (Å²) in [7, 11) is 3.55. The molecule has 1 rings (SSSR count). The lowest BCUT2D eigenvalue weighted by atomic mass is 10.1. The standard InChI is InChI=1S/C17H28ClNO2/c1-4-5-6-7-8-9-10-21-17-15(18)11-14(13-19-2)12-16(17)20-3/h11-12,19H,4-10,13H2,1-3H3. The third-order valence-electron chi connectivity index (χ3n) is 3.41. The molecule has 1 aromatic carbocycles. The maximum absolute atomic E-state index is 6.30. The Morgan fingerprint density at radius 2 is 1.81 bits per heavy atom. The van der Waals surface area contributed by atoms with Crippen molar-refractivity contribution in [1.29, 1.82) is 0 Å². The molecule has 0 radical (unpaired) electrons. The monoisotopic (exact) mass is 313 g/mol. The first-order valence-electron chi connectivity index (χ1n) is 7.86. The summed E-state index contributed by atoms with van der Waals surface area (Å²) in [5.74, 6) is 1.37. The molecule has 4 heteroatoms. The van der Waals surface area contributed by atoms with E-state index >= 15 is 0 Å². The zero-order chi connectivity index (χ0) is 15.5. The molecule has 3 nitrogen and oxygen atoms in total. The molecule has 120 valence electrons. The fraction of sp³-hybridized carbons (Fsp3) is 0.647. The van der Waals surface area contributed by atoms with Gasteiger partial charge in [0.15, 0.2) is 11.5 Å². The minimum Gasteiger partial charge on any atom is -0.493 e. The van der Waals surface area contributed by atoms with E-state index in [4.69, 9.17) is 21.1 Å². The van der Waals surface area contributed by atoms with Crippen molar-refractivity contribution >= 4 is 11.6 Å². The van der Waals surface area contributed by atoms with Crippen LogP contribution in [0.4, 0.5) is 0 Å². The first kappa shape index (κ1) is 18.1. The molecular formula is C17H28ClNO2. The first-order valence-corrected chi connectivity index (χ1v) is 8.24. The van der Waals surface area contributed by atoms with Gasteiger partial charge in [-0.05, 0) is 31.2 Å². The largest absolute Gasteiger partial charge is 0.493 e. The highest BCUT2D eigenvalue weighted by atomic mass is 35.5. The van der Waals surface area contributed by atoms with E-state index in [-0.39, 0.29) is 0 Å². The number of halogens is 1. The van der Waals surface area contributed by atoms with Crippen LogP contribution < -0.4 is 14.8 Å². The molecule has 0 bridgehead atoms. The Morgan fingerprint density at radius 1 is 1.10 bits per heavy atom. The molecule has 0 amide bonds. The van der Waals surface area contributed by atoms with Crippen LogP contribution in [0.25, 0.3) is 0 Å². The van der Waals surface area contributed by atoms with Crippen molar-refractivity contribution in [3.05, 3.63) is 22.7 Å². The van der Waals surface area contributed by atoms with Crippen LogP contribution >= 0.6 is 11.6 Å². The molecule has 1 aromatic rings. The van der Waals surface area contributed by atoms with Crippen molar-refractivity contribution in [2.24, 2.45) is 0 Å². The number of hydrogen-bond acceptors (Lipinski definition) is 3. The topological polar surface area (TPSA) is 30.5 Å². The van der Waals surface area contributed by atoms with Crippen molar-refractivity contribution in [2.45, 2.75) is 52.0 Å². The van der Waals surface area contributed by atoms with Gasteiger partial charge in [-0.15, -0.1) is 0 Å². The smallest absolute Gasteiger partial charge is 0.179 e. The second kappa shape index (κ2) is 10.7. The number of hydrogen-bond donors (Lipinski definition) is 1. The van der Waals surface area contributed by atoms with Crippen LogP contribution in [0, 0.1) is 0 Å². The molecule has 0 aliphatic rings. The minimum atomic E-state index is 0.616. The van der Waals surface area contributed by atoms with Crippen molar-refractivity contribution in [3.63, 3.8) is 0 Å². The zero-order valence-corrected chi connectivity index (χ0v) is 14.3. The molecule has 1 N–H and O–H groups in total. The maximum Gasteiger partial charge on any atom is 0.179 e. The van der Waals surface area contributed by atoms with Gasteiger partial charge in [0.25, 0.3) is 0 Å². The van der Waals surface area contributed by atoms with E-state index in [9.17, 15) is 0 Å². The Morgan fingerprint density at radius 3 is 2.48 bits per heavy atom. The van der Waals surface area contributed by atoms with Gasteiger partial charge in [-0.3, -0.25) is 0 Å². The lowest BCUT2D eigenvalue weighted by Gasteiger charge is -2.14. The summed E-state index contributed by atoms with van der Waals surface area (Å²) in [5, 5.41) is 3.72. The number of nitrogens with one attached hydrogen (secondary N) is 1. The zero-order valence-electron chi connectivity index (χ0n) is 13.5. The summed E-state index contributed by atoms with van der Waals surface area (Å²) in [6.07, 6.45) is 7.47. The third-order valence-corrected chi connectivity index (χ3v) is 3.70. The van der Waals surface area contributed by atoms with Crippen LogP contribution in [0.15, 0.2) is 12.1 Å². The normalized spacial score (nSPS) is 10.7. The third kappa shape index (κ3) is 6.58. The van der Waals surface area contributed by atoms with Crippen LogP contribution in [-0.2, 0) is 6.54 Å². The van der Waals surface area contributed by atoms with E-state index in [1.165, 1.54) is 32.1 Å². The van der Waals surface area contributed by atoms with Crippen LogP contribution in [0.2, 0.25) is 5.02 Å². The number of ether oxygens (including phenoxy) is 2. The summed E-state index contributed by atoms with van der Waals surface area (Å²) in [6.45, 7) is 3.68. The van der Waals surface area contributed by atoms with Gasteiger partial charge in [-0.2, -0.15) is 0 Å². The fourth-order valence-corrected chi connectivity index (χ4v) is 2.56. The first-order chi connectivity index (χ1) is 10.2. The molecule has 21 heavy (non-hydrogen) atoms. The van der Waals surface area contributed by atoms with E-state index in [1.807, 2.05) is 19.2 Å². The molecular weight excluding hydrogens is 286 g/mol. The van der Waals surface area contributed by atoms with Gasteiger partial charge in [0.2, 0.25) is 0 Å². The van der Waals surface area contributed by atoms with Crippen LogP contribution in [0.3, 0.4) is 0 Å². The molecule has 0 aliphatic heterocycles. The Hall–Kier alpha value is -0.930. The molecule has 0 spiro atoms. The van der Waals surface area contributed by atoms with Crippen molar-refractivity contribution in [2.75, 3.05) is 20.8 Å². The highest BCUT2D eigenvalue weighted by Crippen LogP contribution is 2.36. The molecule has 0 aliphatic carbocycles. The quantitative estimate of drug-likeness (QED) is 0.595.